The Morgan fingerprint density at radius 3 is 3.10 bits per heavy atom. The number of carbonyl (C=O) groups excluding carboxylic acids is 1. The van der Waals surface area contributed by atoms with Gasteiger partial charge in [-0.25, -0.2) is 4.98 Å². The van der Waals surface area contributed by atoms with Crippen molar-refractivity contribution in [2.45, 2.75) is 19.4 Å². The lowest BCUT2D eigenvalue weighted by atomic mass is 10.2. The van der Waals surface area contributed by atoms with Gasteiger partial charge in [0.2, 0.25) is 0 Å². The number of aryl methyl sites for hydroxylation is 1. The van der Waals surface area contributed by atoms with Crippen molar-refractivity contribution in [2.24, 2.45) is 0 Å². The van der Waals surface area contributed by atoms with Gasteiger partial charge in [0.05, 0.1) is 5.69 Å². The average Bonchev–Trinajstić information content (AvgIpc) is 3.09. The van der Waals surface area contributed by atoms with Crippen LogP contribution in [0.15, 0.2) is 24.4 Å². The van der Waals surface area contributed by atoms with Gasteiger partial charge in [-0.15, -0.1) is 5.10 Å². The van der Waals surface area contributed by atoms with Crippen molar-refractivity contribution in [1.82, 2.24) is 19.9 Å². The summed E-state index contributed by atoms with van der Waals surface area (Å²) in [5.41, 5.74) is 0.687. The number of hydrogen-bond donors (Lipinski definition) is 1. The van der Waals surface area contributed by atoms with Gasteiger partial charge < -0.3 is 10.2 Å². The van der Waals surface area contributed by atoms with E-state index in [-0.39, 0.29) is 11.9 Å². The van der Waals surface area contributed by atoms with E-state index in [0.29, 0.717) is 10.6 Å². The average molecular weight is 289 g/mol. The predicted molar refractivity (Wildman–Crippen MR) is 77.0 cm³/mol. The summed E-state index contributed by atoms with van der Waals surface area (Å²) in [7, 11) is 0. The van der Waals surface area contributed by atoms with Gasteiger partial charge in [0.25, 0.3) is 5.91 Å². The molecule has 0 bridgehead atoms. The van der Waals surface area contributed by atoms with Crippen LogP contribution in [0.25, 0.3) is 0 Å². The molecule has 2 aromatic rings. The quantitative estimate of drug-likeness (QED) is 0.921. The number of carbonyl (C=O) groups is 1. The van der Waals surface area contributed by atoms with E-state index in [1.807, 2.05) is 18.2 Å². The van der Waals surface area contributed by atoms with Gasteiger partial charge in [-0.1, -0.05) is 10.6 Å². The molecule has 0 aliphatic carbocycles. The summed E-state index contributed by atoms with van der Waals surface area (Å²) in [5.74, 6) is 0.880. The number of amides is 1. The van der Waals surface area contributed by atoms with Crippen LogP contribution in [0.4, 0.5) is 5.82 Å². The molecule has 104 valence electrons. The van der Waals surface area contributed by atoms with Gasteiger partial charge in [-0.3, -0.25) is 4.79 Å². The molecule has 1 aliphatic rings. The Hall–Kier alpha value is -2.02. The van der Waals surface area contributed by atoms with Crippen LogP contribution < -0.4 is 10.2 Å². The highest BCUT2D eigenvalue weighted by Gasteiger charge is 2.26. The number of aromatic nitrogens is 3. The third-order valence-electron chi connectivity index (χ3n) is 3.35. The zero-order chi connectivity index (χ0) is 13.9. The Morgan fingerprint density at radius 2 is 2.40 bits per heavy atom. The molecule has 1 fully saturated rings. The largest absolute Gasteiger partial charge is 0.354 e. The third-order valence-corrected chi connectivity index (χ3v) is 4.18. The molecule has 1 N–H and O–H groups in total. The lowest BCUT2D eigenvalue weighted by Gasteiger charge is -2.17. The molecule has 1 atom stereocenters. The molecule has 2 aromatic heterocycles. The Kier molecular flexibility index (Phi) is 3.60. The molecule has 7 heteroatoms. The predicted octanol–water partition coefficient (Wildman–Crippen LogP) is 1.25. The van der Waals surface area contributed by atoms with E-state index in [0.717, 1.165) is 36.9 Å². The van der Waals surface area contributed by atoms with Crippen molar-refractivity contribution < 1.29 is 4.79 Å². The Morgan fingerprint density at radius 1 is 1.50 bits per heavy atom. The molecule has 0 saturated carbocycles. The van der Waals surface area contributed by atoms with E-state index >= 15 is 0 Å². The monoisotopic (exact) mass is 289 g/mol. The van der Waals surface area contributed by atoms with Crippen molar-refractivity contribution in [2.75, 3.05) is 18.0 Å². The van der Waals surface area contributed by atoms with Crippen LogP contribution >= 0.6 is 11.5 Å². The van der Waals surface area contributed by atoms with Crippen molar-refractivity contribution in [1.29, 1.82) is 0 Å². The maximum atomic E-state index is 12.1. The highest BCUT2D eigenvalue weighted by atomic mass is 32.1. The fraction of sp³-hybridized carbons (Fsp3) is 0.385. The van der Waals surface area contributed by atoms with Crippen LogP contribution in [0, 0.1) is 6.92 Å². The number of nitrogens with one attached hydrogen (secondary N) is 1. The third kappa shape index (κ3) is 2.62. The molecule has 3 rings (SSSR count). The van der Waals surface area contributed by atoms with E-state index in [2.05, 4.69) is 24.8 Å². The smallest absolute Gasteiger partial charge is 0.265 e. The van der Waals surface area contributed by atoms with Crippen LogP contribution in [0.3, 0.4) is 0 Å². The minimum absolute atomic E-state index is 0.0784. The topological polar surface area (TPSA) is 71.0 Å². The van der Waals surface area contributed by atoms with Crippen molar-refractivity contribution >= 4 is 23.3 Å². The van der Waals surface area contributed by atoms with E-state index in [1.54, 1.807) is 13.1 Å². The van der Waals surface area contributed by atoms with Crippen molar-refractivity contribution in [3.63, 3.8) is 0 Å². The van der Waals surface area contributed by atoms with Crippen LogP contribution in [0.5, 0.6) is 0 Å². The lowest BCUT2D eigenvalue weighted by Crippen LogP contribution is -2.37. The molecule has 0 aromatic carbocycles. The van der Waals surface area contributed by atoms with E-state index in [9.17, 15) is 4.79 Å². The van der Waals surface area contributed by atoms with Crippen LogP contribution in [0.2, 0.25) is 0 Å². The summed E-state index contributed by atoms with van der Waals surface area (Å²) < 4.78 is 3.79. The summed E-state index contributed by atoms with van der Waals surface area (Å²) in [6.45, 7) is 3.49. The number of rotatable bonds is 3. The summed E-state index contributed by atoms with van der Waals surface area (Å²) in [5, 5.41) is 6.91. The second-order valence-electron chi connectivity index (χ2n) is 4.78. The molecule has 0 spiro atoms. The fourth-order valence-electron chi connectivity index (χ4n) is 2.32. The molecule has 0 radical (unpaired) electrons. The minimum atomic E-state index is -0.0784. The summed E-state index contributed by atoms with van der Waals surface area (Å²) in [4.78, 5) is 19.2. The minimum Gasteiger partial charge on any atom is -0.354 e. The van der Waals surface area contributed by atoms with Gasteiger partial charge in [-0.2, -0.15) is 0 Å². The van der Waals surface area contributed by atoms with E-state index in [4.69, 9.17) is 0 Å². The Bertz CT molecular complexity index is 600. The highest BCUT2D eigenvalue weighted by Crippen LogP contribution is 2.18. The van der Waals surface area contributed by atoms with E-state index in [1.165, 1.54) is 0 Å². The first-order valence-corrected chi connectivity index (χ1v) is 7.27. The maximum Gasteiger partial charge on any atom is 0.265 e. The fourth-order valence-corrected chi connectivity index (χ4v) is 2.88. The molecule has 1 saturated heterocycles. The van der Waals surface area contributed by atoms with Crippen LogP contribution in [0.1, 0.15) is 21.8 Å². The SMILES string of the molecule is Cc1nnsc1C(=O)NC1CCN(c2ccccn2)C1. The zero-order valence-electron chi connectivity index (χ0n) is 11.1. The second-order valence-corrected chi connectivity index (χ2v) is 5.53. The number of hydrogen-bond acceptors (Lipinski definition) is 6. The van der Waals surface area contributed by atoms with Gasteiger partial charge in [-0.05, 0) is 37.0 Å². The number of nitrogens with zero attached hydrogens (tertiary/aromatic N) is 4. The summed E-state index contributed by atoms with van der Waals surface area (Å²) in [6, 6.07) is 6.01. The molecule has 20 heavy (non-hydrogen) atoms. The Balaban J connectivity index is 1.61. The van der Waals surface area contributed by atoms with E-state index < -0.39 is 0 Å². The maximum absolute atomic E-state index is 12.1. The zero-order valence-corrected chi connectivity index (χ0v) is 11.9. The van der Waals surface area contributed by atoms with Crippen molar-refractivity contribution in [3.8, 4) is 0 Å². The molecular formula is C13H15N5OS. The van der Waals surface area contributed by atoms with Gasteiger partial charge in [0, 0.05) is 25.3 Å². The highest BCUT2D eigenvalue weighted by molar-refractivity contribution is 7.08. The second kappa shape index (κ2) is 5.54. The summed E-state index contributed by atoms with van der Waals surface area (Å²) in [6.07, 6.45) is 2.71. The molecule has 1 amide bonds. The van der Waals surface area contributed by atoms with Crippen LogP contribution in [-0.4, -0.2) is 39.6 Å². The van der Waals surface area contributed by atoms with Crippen molar-refractivity contribution in [3.05, 3.63) is 35.0 Å². The molecular weight excluding hydrogens is 274 g/mol. The first-order chi connectivity index (χ1) is 9.74. The van der Waals surface area contributed by atoms with Gasteiger partial charge >= 0.3 is 0 Å². The molecule has 3 heterocycles. The molecule has 1 aliphatic heterocycles. The van der Waals surface area contributed by atoms with Crippen LogP contribution in [-0.2, 0) is 0 Å². The number of anilines is 1. The molecule has 6 nitrogen and oxygen atoms in total. The summed E-state index contributed by atoms with van der Waals surface area (Å²) >= 11 is 1.14. The Labute approximate surface area is 121 Å². The lowest BCUT2D eigenvalue weighted by molar-refractivity contribution is 0.0943. The normalized spacial score (nSPS) is 18.2. The standard InChI is InChI=1S/C13H15N5OS/c1-9-12(20-17-16-9)13(19)15-10-5-7-18(8-10)11-4-2-3-6-14-11/h2-4,6,10H,5,7-8H2,1H3,(H,15,19). The van der Waals surface area contributed by atoms with Gasteiger partial charge in [0.1, 0.15) is 10.7 Å². The van der Waals surface area contributed by atoms with Gasteiger partial charge in [0.15, 0.2) is 0 Å². The molecule has 1 unspecified atom stereocenters. The first kappa shape index (κ1) is 13.0. The first-order valence-electron chi connectivity index (χ1n) is 6.50. The number of pyridine rings is 1.